The van der Waals surface area contributed by atoms with E-state index >= 15 is 0 Å². The Labute approximate surface area is 211 Å². The molecule has 0 bridgehead atoms. The van der Waals surface area contributed by atoms with Crippen molar-refractivity contribution in [2.75, 3.05) is 11.1 Å². The van der Waals surface area contributed by atoms with Crippen LogP contribution in [0.1, 0.15) is 70.2 Å². The average Bonchev–Trinajstić information content (AvgIpc) is 3.26. The first-order valence-corrected chi connectivity index (χ1v) is 13.3. The van der Waals surface area contributed by atoms with Gasteiger partial charge in [-0.25, -0.2) is 4.39 Å². The molecule has 0 radical (unpaired) electrons. The molecule has 3 rings (SSSR count). The summed E-state index contributed by atoms with van der Waals surface area (Å²) in [5.74, 6) is 1.000. The van der Waals surface area contributed by atoms with E-state index < -0.39 is 5.82 Å². The van der Waals surface area contributed by atoms with E-state index in [0.717, 1.165) is 44.3 Å². The number of benzene rings is 2. The fourth-order valence-electron chi connectivity index (χ4n) is 3.62. The molecule has 0 aliphatic carbocycles. The predicted octanol–water partition coefficient (Wildman–Crippen LogP) is 6.82. The first-order valence-electron chi connectivity index (χ1n) is 12.3. The fraction of sp³-hybridized carbons (Fsp3) is 0.444. The number of rotatable bonds is 14. The SMILES string of the molecule is CCCCCCn1c(COc2ccccc2F)nnc1SCC(=O)Nc1ccc([C@H](C)CC)cc1. The van der Waals surface area contributed by atoms with Crippen LogP contribution in [-0.4, -0.2) is 26.4 Å². The summed E-state index contributed by atoms with van der Waals surface area (Å²) in [5, 5.41) is 12.2. The van der Waals surface area contributed by atoms with E-state index in [1.807, 2.05) is 16.7 Å². The van der Waals surface area contributed by atoms with Gasteiger partial charge in [0.25, 0.3) is 0 Å². The summed E-state index contributed by atoms with van der Waals surface area (Å²) in [6.45, 7) is 7.36. The van der Waals surface area contributed by atoms with Crippen molar-refractivity contribution in [3.63, 3.8) is 0 Å². The zero-order chi connectivity index (χ0) is 25.0. The van der Waals surface area contributed by atoms with Crippen LogP contribution in [0.5, 0.6) is 5.75 Å². The Bertz CT molecular complexity index is 1070. The number of carbonyl (C=O) groups is 1. The lowest BCUT2D eigenvalue weighted by Crippen LogP contribution is -2.15. The number of hydrogen-bond acceptors (Lipinski definition) is 5. The molecular weight excluding hydrogens is 463 g/mol. The highest BCUT2D eigenvalue weighted by atomic mass is 32.2. The normalized spacial score (nSPS) is 11.9. The topological polar surface area (TPSA) is 69.0 Å². The van der Waals surface area contributed by atoms with Crippen molar-refractivity contribution >= 4 is 23.4 Å². The van der Waals surface area contributed by atoms with Gasteiger partial charge in [-0.15, -0.1) is 10.2 Å². The summed E-state index contributed by atoms with van der Waals surface area (Å²) in [4.78, 5) is 12.6. The van der Waals surface area contributed by atoms with Gasteiger partial charge in [-0.2, -0.15) is 0 Å². The summed E-state index contributed by atoms with van der Waals surface area (Å²) in [5.41, 5.74) is 2.05. The highest BCUT2D eigenvalue weighted by Crippen LogP contribution is 2.23. The number of unbranched alkanes of at least 4 members (excludes halogenated alkanes) is 3. The van der Waals surface area contributed by atoms with E-state index in [2.05, 4.69) is 48.4 Å². The molecule has 0 saturated carbocycles. The van der Waals surface area contributed by atoms with Crippen molar-refractivity contribution in [1.29, 1.82) is 0 Å². The molecule has 6 nitrogen and oxygen atoms in total. The molecule has 0 aliphatic rings. The predicted molar refractivity (Wildman–Crippen MR) is 139 cm³/mol. The number of nitrogens with zero attached hydrogens (tertiary/aromatic N) is 3. The van der Waals surface area contributed by atoms with Crippen LogP contribution in [0.4, 0.5) is 10.1 Å². The second kappa shape index (κ2) is 13.9. The Morgan fingerprint density at radius 2 is 1.86 bits per heavy atom. The second-order valence-electron chi connectivity index (χ2n) is 8.60. The van der Waals surface area contributed by atoms with Gasteiger partial charge in [0.1, 0.15) is 6.61 Å². The molecule has 1 heterocycles. The van der Waals surface area contributed by atoms with E-state index in [-0.39, 0.29) is 24.0 Å². The molecule has 0 fully saturated rings. The Kier molecular flexibility index (Phi) is 10.6. The third kappa shape index (κ3) is 8.09. The molecule has 1 aromatic heterocycles. The lowest BCUT2D eigenvalue weighted by molar-refractivity contribution is -0.113. The van der Waals surface area contributed by atoms with Gasteiger partial charge < -0.3 is 14.6 Å². The molecule has 8 heteroatoms. The van der Waals surface area contributed by atoms with Crippen molar-refractivity contribution in [2.45, 2.75) is 77.1 Å². The number of para-hydroxylation sites is 1. The van der Waals surface area contributed by atoms with Crippen molar-refractivity contribution in [1.82, 2.24) is 14.8 Å². The average molecular weight is 499 g/mol. The standard InChI is InChI=1S/C27H35FN4O2S/c1-4-6-7-10-17-32-25(18-34-24-12-9-8-11-23(24)28)30-31-27(32)35-19-26(33)29-22-15-13-21(14-16-22)20(3)5-2/h8-9,11-16,20H,4-7,10,17-19H2,1-3H3,(H,29,33)/t20-/m1/s1. The molecule has 35 heavy (non-hydrogen) atoms. The van der Waals surface area contributed by atoms with E-state index in [4.69, 9.17) is 4.74 Å². The van der Waals surface area contributed by atoms with E-state index in [1.54, 1.807) is 18.2 Å². The van der Waals surface area contributed by atoms with Crippen LogP contribution in [0.2, 0.25) is 0 Å². The molecule has 3 aromatic rings. The maximum absolute atomic E-state index is 13.9. The van der Waals surface area contributed by atoms with Crippen LogP contribution in [0.3, 0.4) is 0 Å². The lowest BCUT2D eigenvalue weighted by atomic mass is 9.99. The number of halogens is 1. The second-order valence-corrected chi connectivity index (χ2v) is 9.54. The molecule has 2 aromatic carbocycles. The molecule has 1 atom stereocenters. The van der Waals surface area contributed by atoms with Crippen molar-refractivity contribution in [3.05, 3.63) is 65.7 Å². The van der Waals surface area contributed by atoms with Crippen molar-refractivity contribution in [2.24, 2.45) is 0 Å². The summed E-state index contributed by atoms with van der Waals surface area (Å²) in [6, 6.07) is 14.3. The number of thioether (sulfide) groups is 1. The van der Waals surface area contributed by atoms with E-state index in [1.165, 1.54) is 23.4 Å². The zero-order valence-corrected chi connectivity index (χ0v) is 21.6. The molecule has 1 amide bonds. The lowest BCUT2D eigenvalue weighted by Gasteiger charge is -2.12. The fourth-order valence-corrected chi connectivity index (χ4v) is 4.40. The smallest absolute Gasteiger partial charge is 0.234 e. The van der Waals surface area contributed by atoms with Gasteiger partial charge in [0.15, 0.2) is 22.5 Å². The number of carbonyl (C=O) groups excluding carboxylic acids is 1. The Balaban J connectivity index is 1.61. The van der Waals surface area contributed by atoms with Gasteiger partial charge in [-0.1, -0.05) is 76.1 Å². The van der Waals surface area contributed by atoms with Crippen molar-refractivity contribution in [3.8, 4) is 5.75 Å². The van der Waals surface area contributed by atoms with Gasteiger partial charge in [0.2, 0.25) is 5.91 Å². The molecule has 188 valence electrons. The van der Waals surface area contributed by atoms with Crippen LogP contribution in [0, 0.1) is 5.82 Å². The van der Waals surface area contributed by atoms with E-state index in [9.17, 15) is 9.18 Å². The van der Waals surface area contributed by atoms with Crippen molar-refractivity contribution < 1.29 is 13.9 Å². The minimum Gasteiger partial charge on any atom is -0.483 e. The minimum atomic E-state index is -0.412. The number of nitrogens with one attached hydrogen (secondary N) is 1. The molecule has 0 aliphatic heterocycles. The van der Waals surface area contributed by atoms with Gasteiger partial charge in [-0.3, -0.25) is 4.79 Å². The summed E-state index contributed by atoms with van der Waals surface area (Å²) in [6.07, 6.45) is 5.45. The van der Waals surface area contributed by atoms with Crippen LogP contribution >= 0.6 is 11.8 Å². The maximum Gasteiger partial charge on any atom is 0.234 e. The molecule has 0 unspecified atom stereocenters. The van der Waals surface area contributed by atoms with Crippen LogP contribution < -0.4 is 10.1 Å². The first-order chi connectivity index (χ1) is 17.0. The maximum atomic E-state index is 13.9. The number of amides is 1. The quantitative estimate of drug-likeness (QED) is 0.195. The number of anilines is 1. The molecular formula is C27H35FN4O2S. The van der Waals surface area contributed by atoms with E-state index in [0.29, 0.717) is 16.9 Å². The Morgan fingerprint density at radius 3 is 2.57 bits per heavy atom. The first kappa shape index (κ1) is 26.7. The number of ether oxygens (including phenoxy) is 1. The molecule has 0 spiro atoms. The largest absolute Gasteiger partial charge is 0.483 e. The Hall–Kier alpha value is -2.87. The molecule has 1 N–H and O–H groups in total. The molecule has 0 saturated heterocycles. The highest BCUT2D eigenvalue weighted by Gasteiger charge is 2.16. The van der Waals surface area contributed by atoms with Crippen LogP contribution in [0.15, 0.2) is 53.7 Å². The van der Waals surface area contributed by atoms with Gasteiger partial charge in [0, 0.05) is 12.2 Å². The monoisotopic (exact) mass is 498 g/mol. The van der Waals surface area contributed by atoms with Crippen LogP contribution in [-0.2, 0) is 17.9 Å². The Morgan fingerprint density at radius 1 is 1.09 bits per heavy atom. The van der Waals surface area contributed by atoms with Gasteiger partial charge in [-0.05, 0) is 48.6 Å². The minimum absolute atomic E-state index is 0.101. The van der Waals surface area contributed by atoms with Gasteiger partial charge >= 0.3 is 0 Å². The zero-order valence-electron chi connectivity index (χ0n) is 20.8. The number of aromatic nitrogens is 3. The summed E-state index contributed by atoms with van der Waals surface area (Å²) in [7, 11) is 0. The third-order valence-electron chi connectivity index (χ3n) is 5.93. The van der Waals surface area contributed by atoms with Gasteiger partial charge in [0.05, 0.1) is 5.75 Å². The summed E-state index contributed by atoms with van der Waals surface area (Å²) >= 11 is 1.34. The van der Waals surface area contributed by atoms with Crippen LogP contribution in [0.25, 0.3) is 0 Å². The third-order valence-corrected chi connectivity index (χ3v) is 6.90. The summed E-state index contributed by atoms with van der Waals surface area (Å²) < 4.78 is 21.6. The number of hydrogen-bond donors (Lipinski definition) is 1. The highest BCUT2D eigenvalue weighted by molar-refractivity contribution is 7.99.